The molecule has 3 nitrogen and oxygen atoms in total. The summed E-state index contributed by atoms with van der Waals surface area (Å²) in [7, 11) is 0. The molecule has 0 radical (unpaired) electrons. The van der Waals surface area contributed by atoms with Crippen LogP contribution in [0.5, 0.6) is 0 Å². The molecule has 3 heteroatoms. The molecule has 1 rings (SSSR count). The molecule has 0 N–H and O–H groups in total. The third-order valence-electron chi connectivity index (χ3n) is 2.13. The number of hydrogen-bond donors (Lipinski definition) is 0. The van der Waals surface area contributed by atoms with Crippen molar-refractivity contribution >= 4 is 5.97 Å². The summed E-state index contributed by atoms with van der Waals surface area (Å²) in [5.41, 5.74) is 0. The highest BCUT2D eigenvalue weighted by molar-refractivity contribution is 5.82. The van der Waals surface area contributed by atoms with Crippen LogP contribution < -0.4 is 0 Å². The third-order valence-corrected chi connectivity index (χ3v) is 2.13. The summed E-state index contributed by atoms with van der Waals surface area (Å²) in [5, 5.41) is 0. The average molecular weight is 196 g/mol. The van der Waals surface area contributed by atoms with Gasteiger partial charge in [0.2, 0.25) is 0 Å². The molecule has 0 spiro atoms. The summed E-state index contributed by atoms with van der Waals surface area (Å²) in [6, 6.07) is 0. The van der Waals surface area contributed by atoms with E-state index in [1.165, 1.54) is 12.3 Å². The Morgan fingerprint density at radius 3 is 3.00 bits per heavy atom. The molecule has 0 fully saturated rings. The molecule has 1 heterocycles. The summed E-state index contributed by atoms with van der Waals surface area (Å²) >= 11 is 0. The summed E-state index contributed by atoms with van der Waals surface area (Å²) < 4.78 is 10.3. The first-order valence-corrected chi connectivity index (χ1v) is 4.84. The highest BCUT2D eigenvalue weighted by atomic mass is 16.7. The quantitative estimate of drug-likeness (QED) is 0.385. The van der Waals surface area contributed by atoms with Crippen molar-refractivity contribution in [1.82, 2.24) is 0 Å². The number of esters is 1. The molecule has 0 aliphatic carbocycles. The van der Waals surface area contributed by atoms with E-state index < -0.39 is 5.79 Å². The van der Waals surface area contributed by atoms with Crippen LogP contribution in [0.2, 0.25) is 0 Å². The first-order valence-electron chi connectivity index (χ1n) is 4.84. The summed E-state index contributed by atoms with van der Waals surface area (Å²) in [6.45, 7) is 5.43. The van der Waals surface area contributed by atoms with Crippen molar-refractivity contribution < 1.29 is 14.3 Å². The van der Waals surface area contributed by atoms with E-state index in [2.05, 4.69) is 6.58 Å². The number of allylic oxidation sites excluding steroid dienone is 1. The van der Waals surface area contributed by atoms with Gasteiger partial charge in [0.05, 0.1) is 12.3 Å². The summed E-state index contributed by atoms with van der Waals surface area (Å²) in [5.74, 6) is -1.10. The molecule has 14 heavy (non-hydrogen) atoms. The Morgan fingerprint density at radius 1 is 1.57 bits per heavy atom. The minimum absolute atomic E-state index is 0.331. The van der Waals surface area contributed by atoms with Gasteiger partial charge in [-0.25, -0.2) is 4.79 Å². The third kappa shape index (κ3) is 3.24. The van der Waals surface area contributed by atoms with E-state index in [0.29, 0.717) is 0 Å². The van der Waals surface area contributed by atoms with Gasteiger partial charge in [0.15, 0.2) is 0 Å². The first-order chi connectivity index (χ1) is 6.66. The van der Waals surface area contributed by atoms with Crippen LogP contribution >= 0.6 is 0 Å². The molecule has 1 aliphatic heterocycles. The zero-order valence-corrected chi connectivity index (χ0v) is 8.49. The Kier molecular flexibility index (Phi) is 3.74. The van der Waals surface area contributed by atoms with Gasteiger partial charge in [0.1, 0.15) is 0 Å². The fourth-order valence-electron chi connectivity index (χ4n) is 1.35. The minimum atomic E-state index is -0.771. The number of carbonyl (C=O) groups is 1. The van der Waals surface area contributed by atoms with Crippen molar-refractivity contribution in [2.45, 2.75) is 38.4 Å². The van der Waals surface area contributed by atoms with Gasteiger partial charge in [-0.15, -0.1) is 6.58 Å². The van der Waals surface area contributed by atoms with Gasteiger partial charge in [-0.1, -0.05) is 6.08 Å². The lowest BCUT2D eigenvalue weighted by molar-refractivity contribution is -0.209. The largest absolute Gasteiger partial charge is 0.460 e. The topological polar surface area (TPSA) is 35.5 Å². The average Bonchev–Trinajstić information content (AvgIpc) is 2.12. The molecule has 0 aromatic rings. The number of carbonyl (C=O) groups excluding carboxylic acids is 1. The van der Waals surface area contributed by atoms with E-state index in [9.17, 15) is 4.79 Å². The molecule has 0 aromatic carbocycles. The van der Waals surface area contributed by atoms with E-state index in [-0.39, 0.29) is 5.97 Å². The molecule has 78 valence electrons. The summed E-state index contributed by atoms with van der Waals surface area (Å²) in [4.78, 5) is 11.0. The van der Waals surface area contributed by atoms with Crippen molar-refractivity contribution in [1.29, 1.82) is 0 Å². The molecule has 0 saturated carbocycles. The number of cyclic esters (lactones) is 1. The van der Waals surface area contributed by atoms with Crippen LogP contribution in [0, 0.1) is 0 Å². The lowest BCUT2D eigenvalue weighted by Gasteiger charge is -2.30. The minimum Gasteiger partial charge on any atom is -0.460 e. The normalized spacial score (nSPS) is 25.4. The van der Waals surface area contributed by atoms with Crippen molar-refractivity contribution in [3.8, 4) is 0 Å². The van der Waals surface area contributed by atoms with E-state index in [4.69, 9.17) is 9.47 Å². The number of rotatable bonds is 5. The van der Waals surface area contributed by atoms with Crippen LogP contribution in [-0.4, -0.2) is 11.8 Å². The fourth-order valence-corrected chi connectivity index (χ4v) is 1.35. The fraction of sp³-hybridized carbons (Fsp3) is 0.545. The number of unbranched alkanes of at least 4 members (excludes halogenated alkanes) is 2. The van der Waals surface area contributed by atoms with Crippen molar-refractivity contribution in [2.24, 2.45) is 0 Å². The Bertz CT molecular complexity index is 245. The van der Waals surface area contributed by atoms with Crippen molar-refractivity contribution in [2.75, 3.05) is 0 Å². The Balaban J connectivity index is 2.31. The van der Waals surface area contributed by atoms with E-state index in [0.717, 1.165) is 25.7 Å². The van der Waals surface area contributed by atoms with E-state index in [1.807, 2.05) is 6.08 Å². The first kappa shape index (κ1) is 10.8. The molecule has 1 aliphatic rings. The zero-order valence-electron chi connectivity index (χ0n) is 8.49. The van der Waals surface area contributed by atoms with Gasteiger partial charge >= 0.3 is 5.97 Å². The second kappa shape index (κ2) is 4.84. The molecule has 1 unspecified atom stereocenters. The zero-order chi connectivity index (χ0) is 10.4. The van der Waals surface area contributed by atoms with Crippen molar-refractivity contribution in [3.63, 3.8) is 0 Å². The molecule has 0 saturated heterocycles. The van der Waals surface area contributed by atoms with Crippen LogP contribution in [0.3, 0.4) is 0 Å². The lowest BCUT2D eigenvalue weighted by Crippen LogP contribution is -2.35. The van der Waals surface area contributed by atoms with Crippen LogP contribution in [0.15, 0.2) is 25.0 Å². The van der Waals surface area contributed by atoms with E-state index >= 15 is 0 Å². The second-order valence-electron chi connectivity index (χ2n) is 3.51. The van der Waals surface area contributed by atoms with Gasteiger partial charge in [0.25, 0.3) is 5.79 Å². The standard InChI is InChI=1S/C11H16O3/c1-3-4-5-6-8-11(2)13-9-7-10(12)14-11/h3,7,9H,1,4-6,8H2,2H3. The van der Waals surface area contributed by atoms with Gasteiger partial charge in [-0.2, -0.15) is 0 Å². The lowest BCUT2D eigenvalue weighted by atomic mass is 10.1. The summed E-state index contributed by atoms with van der Waals surface area (Å²) in [6.07, 6.45) is 8.28. The van der Waals surface area contributed by atoms with Gasteiger partial charge in [-0.3, -0.25) is 0 Å². The SMILES string of the molecule is C=CCCCCC1(C)OC=CC(=O)O1. The van der Waals surface area contributed by atoms with Crippen LogP contribution in [0.4, 0.5) is 0 Å². The predicted octanol–water partition coefficient (Wildman–Crippen LogP) is 2.54. The Morgan fingerprint density at radius 2 is 2.36 bits per heavy atom. The molecule has 1 atom stereocenters. The van der Waals surface area contributed by atoms with Gasteiger partial charge in [0, 0.05) is 13.3 Å². The van der Waals surface area contributed by atoms with Gasteiger partial charge in [-0.05, 0) is 19.3 Å². The van der Waals surface area contributed by atoms with Crippen molar-refractivity contribution in [3.05, 3.63) is 25.0 Å². The predicted molar refractivity (Wildman–Crippen MR) is 53.4 cm³/mol. The maximum absolute atomic E-state index is 11.0. The van der Waals surface area contributed by atoms with Crippen LogP contribution in [-0.2, 0) is 14.3 Å². The molecule has 0 amide bonds. The highest BCUT2D eigenvalue weighted by Crippen LogP contribution is 2.24. The second-order valence-corrected chi connectivity index (χ2v) is 3.51. The maximum atomic E-state index is 11.0. The van der Waals surface area contributed by atoms with Gasteiger partial charge < -0.3 is 9.47 Å². The smallest absolute Gasteiger partial charge is 0.337 e. The molecule has 0 bridgehead atoms. The molecular formula is C11H16O3. The molecular weight excluding hydrogens is 180 g/mol. The highest BCUT2D eigenvalue weighted by Gasteiger charge is 2.30. The molecule has 0 aromatic heterocycles. The Labute approximate surface area is 84.4 Å². The Hall–Kier alpha value is -1.25. The van der Waals surface area contributed by atoms with Crippen LogP contribution in [0.1, 0.15) is 32.6 Å². The monoisotopic (exact) mass is 196 g/mol. The number of ether oxygens (including phenoxy) is 2. The maximum Gasteiger partial charge on any atom is 0.337 e. The van der Waals surface area contributed by atoms with Crippen LogP contribution in [0.25, 0.3) is 0 Å². The number of hydrogen-bond acceptors (Lipinski definition) is 3. The van der Waals surface area contributed by atoms with E-state index in [1.54, 1.807) is 6.92 Å².